The Bertz CT molecular complexity index is 319. The fourth-order valence-corrected chi connectivity index (χ4v) is 5.67. The van der Waals surface area contributed by atoms with E-state index in [4.69, 9.17) is 4.74 Å². The molecule has 3 fully saturated rings. The summed E-state index contributed by atoms with van der Waals surface area (Å²) < 4.78 is 6.21. The number of nitrogens with one attached hydrogen (secondary N) is 1. The molecule has 20 heavy (non-hydrogen) atoms. The van der Waals surface area contributed by atoms with Crippen LogP contribution in [0.15, 0.2) is 0 Å². The van der Waals surface area contributed by atoms with Gasteiger partial charge >= 0.3 is 0 Å². The quantitative estimate of drug-likeness (QED) is 0.833. The highest BCUT2D eigenvalue weighted by molar-refractivity contribution is 7.99. The van der Waals surface area contributed by atoms with Crippen molar-refractivity contribution in [1.82, 2.24) is 5.32 Å². The van der Waals surface area contributed by atoms with Gasteiger partial charge in [0.05, 0.1) is 5.60 Å². The van der Waals surface area contributed by atoms with Gasteiger partial charge in [-0.25, -0.2) is 0 Å². The van der Waals surface area contributed by atoms with Gasteiger partial charge in [0, 0.05) is 18.7 Å². The van der Waals surface area contributed by atoms with Crippen molar-refractivity contribution in [2.45, 2.75) is 82.9 Å². The average Bonchev–Trinajstić information content (AvgIpc) is 2.38. The summed E-state index contributed by atoms with van der Waals surface area (Å²) in [4.78, 5) is 0. The summed E-state index contributed by atoms with van der Waals surface area (Å²) in [6.45, 7) is 5.84. The molecule has 2 saturated heterocycles. The molecule has 1 aliphatic carbocycles. The first kappa shape index (κ1) is 15.2. The summed E-state index contributed by atoms with van der Waals surface area (Å²) in [6, 6.07) is 1.45. The number of thioether (sulfide) groups is 1. The van der Waals surface area contributed by atoms with Crippen molar-refractivity contribution in [2.24, 2.45) is 5.41 Å². The van der Waals surface area contributed by atoms with E-state index in [1.807, 2.05) is 0 Å². The van der Waals surface area contributed by atoms with Gasteiger partial charge in [0.2, 0.25) is 0 Å². The second-order valence-corrected chi connectivity index (χ2v) is 9.18. The summed E-state index contributed by atoms with van der Waals surface area (Å²) >= 11 is 2.10. The largest absolute Gasteiger partial charge is 0.375 e. The zero-order valence-electron chi connectivity index (χ0n) is 13.2. The Labute approximate surface area is 128 Å². The average molecular weight is 298 g/mol. The second-order valence-electron chi connectivity index (χ2n) is 7.96. The molecule has 2 unspecified atom stereocenters. The highest BCUT2D eigenvalue weighted by Gasteiger charge is 2.39. The summed E-state index contributed by atoms with van der Waals surface area (Å²) in [5, 5.41) is 4.00. The molecule has 1 saturated carbocycles. The highest BCUT2D eigenvalue weighted by Crippen LogP contribution is 2.39. The lowest BCUT2D eigenvalue weighted by Crippen LogP contribution is -2.52. The van der Waals surface area contributed by atoms with Crippen LogP contribution in [0.3, 0.4) is 0 Å². The third-order valence-corrected chi connectivity index (χ3v) is 6.56. The van der Waals surface area contributed by atoms with E-state index in [0.717, 1.165) is 12.6 Å². The van der Waals surface area contributed by atoms with Gasteiger partial charge in [-0.05, 0) is 61.9 Å². The third kappa shape index (κ3) is 3.72. The molecule has 0 aromatic carbocycles. The van der Waals surface area contributed by atoms with Crippen molar-refractivity contribution < 1.29 is 4.74 Å². The maximum Gasteiger partial charge on any atom is 0.0713 e. The first-order chi connectivity index (χ1) is 9.57. The summed E-state index contributed by atoms with van der Waals surface area (Å²) in [5.74, 6) is 2.59. The molecule has 116 valence electrons. The fourth-order valence-electron chi connectivity index (χ4n) is 4.44. The number of hydrogen-bond acceptors (Lipinski definition) is 3. The van der Waals surface area contributed by atoms with Crippen molar-refractivity contribution in [2.75, 3.05) is 18.1 Å². The molecule has 3 rings (SSSR count). The molecule has 0 aromatic rings. The lowest BCUT2D eigenvalue weighted by atomic mass is 9.74. The summed E-state index contributed by atoms with van der Waals surface area (Å²) in [6.07, 6.45) is 10.5. The van der Waals surface area contributed by atoms with Gasteiger partial charge in [-0.15, -0.1) is 0 Å². The van der Waals surface area contributed by atoms with Crippen molar-refractivity contribution >= 4 is 11.8 Å². The van der Waals surface area contributed by atoms with Crippen LogP contribution in [0, 0.1) is 5.41 Å². The Hall–Kier alpha value is 0.270. The zero-order valence-corrected chi connectivity index (χ0v) is 14.1. The predicted octanol–water partition coefficient (Wildman–Crippen LogP) is 3.99. The minimum Gasteiger partial charge on any atom is -0.375 e. The predicted molar refractivity (Wildman–Crippen MR) is 87.4 cm³/mol. The Balaban J connectivity index is 1.54. The first-order valence-electron chi connectivity index (χ1n) is 8.55. The topological polar surface area (TPSA) is 21.3 Å². The van der Waals surface area contributed by atoms with Gasteiger partial charge in [-0.2, -0.15) is 11.8 Å². The maximum atomic E-state index is 6.21. The van der Waals surface area contributed by atoms with E-state index in [0.29, 0.717) is 11.5 Å². The van der Waals surface area contributed by atoms with Crippen molar-refractivity contribution in [3.8, 4) is 0 Å². The van der Waals surface area contributed by atoms with Gasteiger partial charge < -0.3 is 10.1 Å². The zero-order chi connectivity index (χ0) is 14.1. The molecule has 0 aromatic heterocycles. The molecule has 2 heterocycles. The monoisotopic (exact) mass is 297 g/mol. The molecule has 2 atom stereocenters. The van der Waals surface area contributed by atoms with Crippen molar-refractivity contribution in [1.29, 1.82) is 0 Å². The fraction of sp³-hybridized carbons (Fsp3) is 1.00. The standard InChI is InChI=1S/C17H31NOS/c1-16(2)6-3-4-14(12-16)18-15-5-9-19-17(13-15)7-10-20-11-8-17/h14-15,18H,3-13H2,1-2H3. The molecule has 3 heteroatoms. The van der Waals surface area contributed by atoms with Crippen LogP contribution in [0.1, 0.15) is 65.2 Å². The minimum atomic E-state index is 0.228. The summed E-state index contributed by atoms with van der Waals surface area (Å²) in [5.41, 5.74) is 0.769. The third-order valence-electron chi connectivity index (χ3n) is 5.57. The van der Waals surface area contributed by atoms with Crippen LogP contribution in [0.5, 0.6) is 0 Å². The Morgan fingerprint density at radius 3 is 2.50 bits per heavy atom. The molecule has 1 N–H and O–H groups in total. The van der Waals surface area contributed by atoms with Gasteiger partial charge in [-0.1, -0.05) is 20.3 Å². The lowest BCUT2D eigenvalue weighted by molar-refractivity contribution is -0.0950. The second kappa shape index (κ2) is 6.18. The van der Waals surface area contributed by atoms with E-state index in [9.17, 15) is 0 Å². The molecule has 2 nitrogen and oxygen atoms in total. The van der Waals surface area contributed by atoms with Gasteiger partial charge in [0.25, 0.3) is 0 Å². The van der Waals surface area contributed by atoms with E-state index >= 15 is 0 Å². The molecule has 0 bridgehead atoms. The van der Waals surface area contributed by atoms with Gasteiger partial charge in [0.1, 0.15) is 0 Å². The molecule has 0 amide bonds. The Kier molecular flexibility index (Phi) is 4.69. The first-order valence-corrected chi connectivity index (χ1v) is 9.70. The van der Waals surface area contributed by atoms with Crippen LogP contribution in [0.2, 0.25) is 0 Å². The molecule has 3 aliphatic rings. The van der Waals surface area contributed by atoms with Gasteiger partial charge in [-0.3, -0.25) is 0 Å². The minimum absolute atomic E-state index is 0.228. The van der Waals surface area contributed by atoms with E-state index in [1.165, 1.54) is 62.9 Å². The molecule has 0 radical (unpaired) electrons. The number of rotatable bonds is 2. The number of ether oxygens (including phenoxy) is 1. The van der Waals surface area contributed by atoms with Crippen LogP contribution in [-0.4, -0.2) is 35.8 Å². The van der Waals surface area contributed by atoms with Crippen LogP contribution in [0.25, 0.3) is 0 Å². The van der Waals surface area contributed by atoms with Crippen molar-refractivity contribution in [3.63, 3.8) is 0 Å². The molecular formula is C17H31NOS. The van der Waals surface area contributed by atoms with Crippen LogP contribution >= 0.6 is 11.8 Å². The Morgan fingerprint density at radius 2 is 1.75 bits per heavy atom. The summed E-state index contributed by atoms with van der Waals surface area (Å²) in [7, 11) is 0. The van der Waals surface area contributed by atoms with Crippen LogP contribution in [0.4, 0.5) is 0 Å². The smallest absolute Gasteiger partial charge is 0.0713 e. The SMILES string of the molecule is CC1(C)CCCC(NC2CCOC3(CCSCC3)C2)C1. The van der Waals surface area contributed by atoms with Crippen LogP contribution in [-0.2, 0) is 4.74 Å². The van der Waals surface area contributed by atoms with Crippen molar-refractivity contribution in [3.05, 3.63) is 0 Å². The lowest BCUT2D eigenvalue weighted by Gasteiger charge is -2.45. The van der Waals surface area contributed by atoms with E-state index < -0.39 is 0 Å². The molecule has 2 aliphatic heterocycles. The van der Waals surface area contributed by atoms with E-state index in [1.54, 1.807) is 0 Å². The normalized spacial score (nSPS) is 36.9. The molecule has 1 spiro atoms. The number of hydrogen-bond donors (Lipinski definition) is 1. The molecular weight excluding hydrogens is 266 g/mol. The maximum absolute atomic E-state index is 6.21. The van der Waals surface area contributed by atoms with Gasteiger partial charge in [0.15, 0.2) is 0 Å². The van der Waals surface area contributed by atoms with Crippen LogP contribution < -0.4 is 5.32 Å². The van der Waals surface area contributed by atoms with E-state index in [-0.39, 0.29) is 5.60 Å². The Morgan fingerprint density at radius 1 is 1.00 bits per heavy atom. The highest BCUT2D eigenvalue weighted by atomic mass is 32.2. The van der Waals surface area contributed by atoms with E-state index in [2.05, 4.69) is 30.9 Å².